The summed E-state index contributed by atoms with van der Waals surface area (Å²) in [6.07, 6.45) is 1.82. The number of amides is 1. The molecule has 1 aromatic carbocycles. The Labute approximate surface area is 145 Å². The lowest BCUT2D eigenvalue weighted by molar-refractivity contribution is 0.0657. The van der Waals surface area contributed by atoms with Crippen molar-refractivity contribution in [2.24, 2.45) is 0 Å². The minimum absolute atomic E-state index is 0.118. The van der Waals surface area contributed by atoms with Crippen molar-refractivity contribution in [2.45, 2.75) is 12.6 Å². The van der Waals surface area contributed by atoms with Gasteiger partial charge in [0.15, 0.2) is 0 Å². The zero-order valence-electron chi connectivity index (χ0n) is 13.8. The molecule has 1 aliphatic heterocycles. The largest absolute Gasteiger partial charge is 0.330 e. The Morgan fingerprint density at radius 2 is 2.17 bits per heavy atom. The van der Waals surface area contributed by atoms with E-state index in [-0.39, 0.29) is 11.9 Å². The first-order valence-electron chi connectivity index (χ1n) is 8.07. The average molecular weight is 340 g/mol. The van der Waals surface area contributed by atoms with Crippen LogP contribution in [0.25, 0.3) is 10.1 Å². The second kappa shape index (κ2) is 6.03. The van der Waals surface area contributed by atoms with E-state index in [4.69, 9.17) is 0 Å². The Kier molecular flexibility index (Phi) is 3.86. The summed E-state index contributed by atoms with van der Waals surface area (Å²) in [5.41, 5.74) is 1.10. The number of carbonyl (C=O) groups excluding carboxylic acids is 1. The first-order chi connectivity index (χ1) is 11.6. The molecule has 0 N–H and O–H groups in total. The molecular weight excluding hydrogens is 320 g/mol. The normalized spacial score (nSPS) is 17.5. The summed E-state index contributed by atoms with van der Waals surface area (Å²) in [6.45, 7) is 2.18. The zero-order valence-corrected chi connectivity index (χ0v) is 14.7. The molecule has 0 saturated heterocycles. The van der Waals surface area contributed by atoms with Crippen molar-refractivity contribution in [2.75, 3.05) is 27.2 Å². The van der Waals surface area contributed by atoms with Crippen molar-refractivity contribution in [1.82, 2.24) is 19.6 Å². The minimum Gasteiger partial charge on any atom is -0.330 e. The van der Waals surface area contributed by atoms with E-state index in [0.29, 0.717) is 13.1 Å². The predicted molar refractivity (Wildman–Crippen MR) is 96.4 cm³/mol. The topological polar surface area (TPSA) is 41.4 Å². The third-order valence-electron chi connectivity index (χ3n) is 4.38. The Balaban J connectivity index is 1.63. The van der Waals surface area contributed by atoms with E-state index in [1.165, 1.54) is 0 Å². The van der Waals surface area contributed by atoms with E-state index in [0.717, 1.165) is 27.2 Å². The Hall–Kier alpha value is -2.18. The average Bonchev–Trinajstić information content (AvgIpc) is 3.19. The summed E-state index contributed by atoms with van der Waals surface area (Å²) in [4.78, 5) is 17.9. The number of aromatic nitrogens is 2. The van der Waals surface area contributed by atoms with Crippen molar-refractivity contribution in [3.63, 3.8) is 0 Å². The second-order valence-corrected chi connectivity index (χ2v) is 7.60. The minimum atomic E-state index is 0.118. The van der Waals surface area contributed by atoms with E-state index in [1.807, 2.05) is 35.4 Å². The summed E-state index contributed by atoms with van der Waals surface area (Å²) in [5.74, 6) is 0.118. The number of fused-ring (bicyclic) bond motifs is 2. The third kappa shape index (κ3) is 2.72. The van der Waals surface area contributed by atoms with Crippen LogP contribution in [-0.2, 0) is 6.54 Å². The lowest BCUT2D eigenvalue weighted by atomic mass is 10.1. The fourth-order valence-electron chi connectivity index (χ4n) is 3.34. The van der Waals surface area contributed by atoms with Crippen molar-refractivity contribution < 1.29 is 4.79 Å². The third-order valence-corrected chi connectivity index (χ3v) is 5.49. The highest BCUT2D eigenvalue weighted by Gasteiger charge is 2.30. The maximum absolute atomic E-state index is 13.0. The molecule has 0 radical (unpaired) electrons. The lowest BCUT2D eigenvalue weighted by Gasteiger charge is -2.35. The van der Waals surface area contributed by atoms with Gasteiger partial charge in [-0.2, -0.15) is 5.10 Å². The van der Waals surface area contributed by atoms with Gasteiger partial charge >= 0.3 is 0 Å². The van der Waals surface area contributed by atoms with Crippen LogP contribution in [0.3, 0.4) is 0 Å². The lowest BCUT2D eigenvalue weighted by Crippen LogP contribution is -2.44. The van der Waals surface area contributed by atoms with Gasteiger partial charge in [-0.1, -0.05) is 18.2 Å². The first kappa shape index (κ1) is 15.4. The molecule has 0 bridgehead atoms. The highest BCUT2D eigenvalue weighted by molar-refractivity contribution is 7.20. The molecule has 1 atom stereocenters. The van der Waals surface area contributed by atoms with Crippen LogP contribution in [0.15, 0.2) is 42.6 Å². The predicted octanol–water partition coefficient (Wildman–Crippen LogP) is 2.86. The van der Waals surface area contributed by atoms with Crippen LogP contribution in [0, 0.1) is 0 Å². The van der Waals surface area contributed by atoms with E-state index in [1.54, 1.807) is 11.3 Å². The summed E-state index contributed by atoms with van der Waals surface area (Å²) in [5, 5.41) is 5.58. The molecule has 1 amide bonds. The van der Waals surface area contributed by atoms with Crippen molar-refractivity contribution >= 4 is 27.3 Å². The highest BCUT2D eigenvalue weighted by Crippen LogP contribution is 2.29. The van der Waals surface area contributed by atoms with Gasteiger partial charge in [0.1, 0.15) is 0 Å². The molecule has 0 spiro atoms. The molecule has 1 aliphatic rings. The summed E-state index contributed by atoms with van der Waals surface area (Å²) >= 11 is 1.57. The molecule has 24 heavy (non-hydrogen) atoms. The van der Waals surface area contributed by atoms with Gasteiger partial charge in [-0.15, -0.1) is 11.3 Å². The van der Waals surface area contributed by atoms with E-state index in [2.05, 4.69) is 40.9 Å². The number of benzene rings is 1. The Morgan fingerprint density at radius 1 is 1.33 bits per heavy atom. The summed E-state index contributed by atoms with van der Waals surface area (Å²) in [6, 6.07) is 12.4. The van der Waals surface area contributed by atoms with Crippen molar-refractivity contribution in [3.8, 4) is 0 Å². The van der Waals surface area contributed by atoms with E-state index < -0.39 is 0 Å². The fourth-order valence-corrected chi connectivity index (χ4v) is 4.37. The second-order valence-electron chi connectivity index (χ2n) is 6.52. The highest BCUT2D eigenvalue weighted by atomic mass is 32.1. The molecule has 3 heterocycles. The molecule has 5 nitrogen and oxygen atoms in total. The number of rotatable bonds is 3. The number of thiophene rings is 1. The van der Waals surface area contributed by atoms with Crippen molar-refractivity contribution in [1.29, 1.82) is 0 Å². The summed E-state index contributed by atoms with van der Waals surface area (Å²) in [7, 11) is 4.10. The van der Waals surface area contributed by atoms with Gasteiger partial charge in [0, 0.05) is 24.0 Å². The smallest absolute Gasteiger partial charge is 0.264 e. The molecule has 124 valence electrons. The Bertz CT molecular complexity index is 849. The standard InChI is InChI=1S/C18H20N4OS/c1-20(2)10-15-12-21(11-14-7-8-19-22(14)15)18(23)17-9-13-5-3-4-6-16(13)24-17/h3-9,15H,10-12H2,1-2H3. The van der Waals surface area contributed by atoms with Crippen LogP contribution in [0.2, 0.25) is 0 Å². The van der Waals surface area contributed by atoms with Gasteiger partial charge in [-0.3, -0.25) is 9.48 Å². The molecule has 0 fully saturated rings. The van der Waals surface area contributed by atoms with Crippen LogP contribution in [-0.4, -0.2) is 52.7 Å². The molecule has 1 unspecified atom stereocenters. The quantitative estimate of drug-likeness (QED) is 0.736. The molecule has 2 aromatic heterocycles. The van der Waals surface area contributed by atoms with Crippen LogP contribution in [0.5, 0.6) is 0 Å². The molecule has 0 aliphatic carbocycles. The molecule has 6 heteroatoms. The van der Waals surface area contributed by atoms with Crippen molar-refractivity contribution in [3.05, 3.63) is 53.2 Å². The maximum atomic E-state index is 13.0. The molecular formula is C18H20N4OS. The zero-order chi connectivity index (χ0) is 16.7. The van der Waals surface area contributed by atoms with E-state index in [9.17, 15) is 4.79 Å². The van der Waals surface area contributed by atoms with Gasteiger partial charge in [0.25, 0.3) is 5.91 Å². The van der Waals surface area contributed by atoms with Crippen LogP contribution >= 0.6 is 11.3 Å². The fraction of sp³-hybridized carbons (Fsp3) is 0.333. The monoisotopic (exact) mass is 340 g/mol. The molecule has 0 saturated carbocycles. The van der Waals surface area contributed by atoms with Gasteiger partial charge in [-0.25, -0.2) is 0 Å². The Morgan fingerprint density at radius 3 is 2.96 bits per heavy atom. The van der Waals surface area contributed by atoms with Gasteiger partial charge in [-0.05, 0) is 37.7 Å². The molecule has 4 rings (SSSR count). The summed E-state index contributed by atoms with van der Waals surface area (Å²) < 4.78 is 3.22. The van der Waals surface area contributed by atoms with Gasteiger partial charge in [0.05, 0.1) is 23.2 Å². The van der Waals surface area contributed by atoms with Gasteiger partial charge < -0.3 is 9.80 Å². The van der Waals surface area contributed by atoms with E-state index >= 15 is 0 Å². The first-order valence-corrected chi connectivity index (χ1v) is 8.88. The SMILES string of the molecule is CN(C)CC1CN(C(=O)c2cc3ccccc3s2)Cc2ccnn21. The van der Waals surface area contributed by atoms with Crippen LogP contribution in [0.4, 0.5) is 0 Å². The number of hydrogen-bond acceptors (Lipinski definition) is 4. The van der Waals surface area contributed by atoms with Crippen LogP contribution < -0.4 is 0 Å². The maximum Gasteiger partial charge on any atom is 0.264 e. The van der Waals surface area contributed by atoms with Gasteiger partial charge in [0.2, 0.25) is 0 Å². The number of hydrogen-bond donors (Lipinski definition) is 0. The van der Waals surface area contributed by atoms with Crippen LogP contribution in [0.1, 0.15) is 21.4 Å². The number of carbonyl (C=O) groups is 1. The molecule has 3 aromatic rings. The number of nitrogens with zero attached hydrogens (tertiary/aromatic N) is 4. The number of likely N-dealkylation sites (N-methyl/N-ethyl adjacent to an activating group) is 1.